The van der Waals surface area contributed by atoms with Crippen molar-refractivity contribution in [3.63, 3.8) is 0 Å². The first kappa shape index (κ1) is 26.9. The molecule has 0 bridgehead atoms. The molecule has 2 heterocycles. The van der Waals surface area contributed by atoms with Gasteiger partial charge >= 0.3 is 202 Å². The van der Waals surface area contributed by atoms with Crippen LogP contribution >= 0.6 is 0 Å². The number of hydrogen-bond acceptors (Lipinski definition) is 2. The van der Waals surface area contributed by atoms with Crippen LogP contribution in [-0.2, 0) is 70.6 Å². The topological polar surface area (TPSA) is 6.48 Å². The first-order valence-electron chi connectivity index (χ1n) is 11.5. The summed E-state index contributed by atoms with van der Waals surface area (Å²) in [6.45, 7) is 21.5. The van der Waals surface area contributed by atoms with Crippen LogP contribution in [0.1, 0.15) is 95.9 Å². The smallest absolute Gasteiger partial charge is 0 e. The SMILES string of the molecule is CCCCC1(C)[C](=[W])N(CC)c2c(C)c3c(c(C)c21)N(CC)[C](=[W])C3(C)CCC.[W]. The van der Waals surface area contributed by atoms with Gasteiger partial charge in [-0.2, -0.15) is 0 Å². The second kappa shape index (κ2) is 9.86. The molecule has 2 nitrogen and oxygen atoms in total. The Kier molecular flexibility index (Phi) is 8.83. The van der Waals surface area contributed by atoms with Gasteiger partial charge in [0.05, 0.1) is 0 Å². The molecule has 2 aliphatic rings. The molecule has 166 valence electrons. The molecule has 2 atom stereocenters. The summed E-state index contributed by atoms with van der Waals surface area (Å²) in [5.74, 6) is 0. The summed E-state index contributed by atoms with van der Waals surface area (Å²) in [5.41, 5.74) is 9.94. The average Bonchev–Trinajstić information content (AvgIpc) is 3.05. The zero-order valence-electron chi connectivity index (χ0n) is 20.1. The van der Waals surface area contributed by atoms with Crippen molar-refractivity contribution >= 4 is 19.4 Å². The quantitative estimate of drug-likeness (QED) is 0.340. The van der Waals surface area contributed by atoms with Gasteiger partial charge in [-0.1, -0.05) is 0 Å². The van der Waals surface area contributed by atoms with Gasteiger partial charge in [0, 0.05) is 21.1 Å². The number of fused-ring (bicyclic) bond motifs is 2. The summed E-state index contributed by atoms with van der Waals surface area (Å²) < 4.78 is 3.28. The molecule has 5 heteroatoms. The molecule has 0 aliphatic carbocycles. The van der Waals surface area contributed by atoms with E-state index in [-0.39, 0.29) is 31.9 Å². The molecule has 0 amide bonds. The Balaban J connectivity index is 0.00000320. The fraction of sp³-hybridized carbons (Fsp3) is 0.680. The van der Waals surface area contributed by atoms with Crippen LogP contribution in [0.15, 0.2) is 0 Å². The van der Waals surface area contributed by atoms with Gasteiger partial charge in [0.15, 0.2) is 0 Å². The van der Waals surface area contributed by atoms with E-state index < -0.39 is 0 Å². The minimum absolute atomic E-state index is 0. The predicted octanol–water partition coefficient (Wildman–Crippen LogP) is 5.84. The Labute approximate surface area is 221 Å². The van der Waals surface area contributed by atoms with Gasteiger partial charge in [0.25, 0.3) is 0 Å². The van der Waals surface area contributed by atoms with Crippen LogP contribution in [0.5, 0.6) is 0 Å². The second-order valence-electron chi connectivity index (χ2n) is 9.31. The molecule has 0 radical (unpaired) electrons. The predicted molar refractivity (Wildman–Crippen MR) is 121 cm³/mol. The Morgan fingerprint density at radius 1 is 0.700 bits per heavy atom. The van der Waals surface area contributed by atoms with Gasteiger partial charge in [0.1, 0.15) is 0 Å². The van der Waals surface area contributed by atoms with Crippen molar-refractivity contribution in [2.45, 2.75) is 98.3 Å². The fourth-order valence-corrected chi connectivity index (χ4v) is 9.15. The largest absolute Gasteiger partial charge is 0 e. The van der Waals surface area contributed by atoms with Crippen LogP contribution in [-0.4, -0.2) is 21.1 Å². The van der Waals surface area contributed by atoms with Crippen LogP contribution in [0.2, 0.25) is 0 Å². The van der Waals surface area contributed by atoms with E-state index in [1.165, 1.54) is 32.1 Å². The Morgan fingerprint density at radius 3 is 1.43 bits per heavy atom. The van der Waals surface area contributed by atoms with Gasteiger partial charge < -0.3 is 0 Å². The molecule has 2 aliphatic heterocycles. The summed E-state index contributed by atoms with van der Waals surface area (Å²) in [7, 11) is 0. The standard InChI is InChI=1S/C25H38N2.3W/c1-9-13-15-25(8)17-27(12-4)23-18(5)20-22(19(6)21(23)25)26(11-3)16-24(20,7)14-10-2;;;/h9-15H2,1-8H3;;;. The number of benzene rings is 1. The van der Waals surface area contributed by atoms with E-state index in [1.54, 1.807) is 80.4 Å². The van der Waals surface area contributed by atoms with Gasteiger partial charge in [-0.15, -0.1) is 0 Å². The molecular weight excluding hydrogens is 880 g/mol. The summed E-state index contributed by atoms with van der Waals surface area (Å²) in [4.78, 5) is 5.37. The summed E-state index contributed by atoms with van der Waals surface area (Å²) in [6.07, 6.45) is 6.34. The molecule has 0 aromatic heterocycles. The zero-order chi connectivity index (χ0) is 21.7. The summed E-state index contributed by atoms with van der Waals surface area (Å²) in [5, 5.41) is 0. The summed E-state index contributed by atoms with van der Waals surface area (Å²) >= 11 is 3.28. The van der Waals surface area contributed by atoms with E-state index in [9.17, 15) is 0 Å². The fourth-order valence-electron chi connectivity index (χ4n) is 6.10. The molecule has 2 unspecified atom stereocenters. The third-order valence-corrected chi connectivity index (χ3v) is 12.2. The minimum Gasteiger partial charge on any atom is 0 e. The van der Waals surface area contributed by atoms with Crippen LogP contribution in [0, 0.1) is 13.8 Å². The van der Waals surface area contributed by atoms with Crippen molar-refractivity contribution in [2.24, 2.45) is 0 Å². The molecule has 0 saturated heterocycles. The van der Waals surface area contributed by atoms with Crippen LogP contribution in [0.4, 0.5) is 11.4 Å². The van der Waals surface area contributed by atoms with Crippen LogP contribution in [0.25, 0.3) is 0 Å². The summed E-state index contributed by atoms with van der Waals surface area (Å²) in [6, 6.07) is 0. The van der Waals surface area contributed by atoms with Crippen LogP contribution in [0.3, 0.4) is 0 Å². The molecule has 3 rings (SSSR count). The van der Waals surface area contributed by atoms with Gasteiger partial charge in [-0.05, 0) is 0 Å². The van der Waals surface area contributed by atoms with E-state index in [0.717, 1.165) is 13.1 Å². The second-order valence-corrected chi connectivity index (χ2v) is 12.1. The van der Waals surface area contributed by atoms with Gasteiger partial charge in [-0.3, -0.25) is 0 Å². The number of nitrogens with zero attached hydrogens (tertiary/aromatic N) is 2. The monoisotopic (exact) mass is 918 g/mol. The number of hydrogen-bond donors (Lipinski definition) is 0. The number of anilines is 2. The van der Waals surface area contributed by atoms with Crippen molar-refractivity contribution in [3.8, 4) is 0 Å². The molecule has 0 N–H and O–H groups in total. The maximum atomic E-state index is 2.69. The van der Waals surface area contributed by atoms with Crippen molar-refractivity contribution in [3.05, 3.63) is 22.3 Å². The van der Waals surface area contributed by atoms with E-state index in [2.05, 4.69) is 65.2 Å². The third kappa shape index (κ3) is 3.63. The van der Waals surface area contributed by atoms with E-state index in [4.69, 9.17) is 0 Å². The number of likely N-dealkylation sites (N-methyl/N-ethyl adjacent to an activating group) is 2. The number of unbranched alkanes of at least 4 members (excludes halogenated alkanes) is 1. The van der Waals surface area contributed by atoms with E-state index in [1.807, 2.05) is 0 Å². The van der Waals surface area contributed by atoms with E-state index >= 15 is 0 Å². The van der Waals surface area contributed by atoms with Crippen LogP contribution < -0.4 is 9.80 Å². The average molecular weight is 918 g/mol. The zero-order valence-corrected chi connectivity index (χ0v) is 28.9. The molecule has 0 saturated carbocycles. The molecule has 1 aromatic rings. The van der Waals surface area contributed by atoms with Crippen molar-refractivity contribution < 1.29 is 59.8 Å². The first-order valence-corrected chi connectivity index (χ1v) is 14.4. The molecular formula is C25H38N2W3. The van der Waals surface area contributed by atoms with Gasteiger partial charge in [0.2, 0.25) is 0 Å². The van der Waals surface area contributed by atoms with E-state index in [0.29, 0.717) is 0 Å². The normalized spacial score (nSPS) is 24.9. The maximum Gasteiger partial charge on any atom is 0 e. The Bertz CT molecular complexity index is 863. The van der Waals surface area contributed by atoms with Crippen molar-refractivity contribution in [1.82, 2.24) is 0 Å². The molecule has 30 heavy (non-hydrogen) atoms. The molecule has 1 aromatic carbocycles. The first-order chi connectivity index (χ1) is 13.6. The van der Waals surface area contributed by atoms with Gasteiger partial charge in [-0.25, -0.2) is 0 Å². The number of rotatable bonds is 7. The minimum atomic E-state index is 0. The maximum absolute atomic E-state index is 2.69. The van der Waals surface area contributed by atoms with Crippen molar-refractivity contribution in [1.29, 1.82) is 0 Å². The Hall–Kier alpha value is 0.625. The third-order valence-electron chi connectivity index (χ3n) is 7.42. The molecule has 0 spiro atoms. The molecule has 0 fully saturated rings. The van der Waals surface area contributed by atoms with Crippen molar-refractivity contribution in [2.75, 3.05) is 22.9 Å². The Morgan fingerprint density at radius 2 is 1.10 bits per heavy atom.